The second-order valence-corrected chi connectivity index (χ2v) is 5.50. The molecule has 0 fully saturated rings. The summed E-state index contributed by atoms with van der Waals surface area (Å²) in [6, 6.07) is 10.8. The lowest BCUT2D eigenvalue weighted by atomic mass is 10.2. The molecule has 0 unspecified atom stereocenters. The number of amides is 1. The number of anilines is 2. The molecule has 1 aromatic heterocycles. The van der Waals surface area contributed by atoms with E-state index in [1.54, 1.807) is 29.5 Å². The van der Waals surface area contributed by atoms with E-state index < -0.39 is 0 Å². The first kappa shape index (κ1) is 16.8. The molecule has 1 amide bonds. The third kappa shape index (κ3) is 4.51. The molecule has 1 aromatic carbocycles. The van der Waals surface area contributed by atoms with Crippen molar-refractivity contribution in [2.75, 3.05) is 23.6 Å². The van der Waals surface area contributed by atoms with E-state index in [0.717, 1.165) is 18.5 Å². The van der Waals surface area contributed by atoms with Crippen LogP contribution in [0.4, 0.5) is 11.4 Å². The van der Waals surface area contributed by atoms with E-state index in [0.29, 0.717) is 24.5 Å². The van der Waals surface area contributed by atoms with Crippen LogP contribution in [0.3, 0.4) is 0 Å². The molecule has 0 radical (unpaired) electrons. The first-order chi connectivity index (χ1) is 12.3. The highest BCUT2D eigenvalue weighted by molar-refractivity contribution is 6.04. The summed E-state index contributed by atoms with van der Waals surface area (Å²) in [5, 5.41) is 14.1. The van der Waals surface area contributed by atoms with Crippen LogP contribution in [0.2, 0.25) is 0 Å². The molecule has 0 saturated heterocycles. The van der Waals surface area contributed by atoms with Gasteiger partial charge in [0, 0.05) is 23.6 Å². The van der Waals surface area contributed by atoms with Crippen molar-refractivity contribution in [3.8, 4) is 0 Å². The molecular weight excluding hydrogens is 320 g/mol. The predicted octanol–water partition coefficient (Wildman–Crippen LogP) is 3.43. The van der Waals surface area contributed by atoms with Crippen molar-refractivity contribution in [1.82, 2.24) is 10.2 Å². The molecule has 130 valence electrons. The van der Waals surface area contributed by atoms with Crippen molar-refractivity contribution in [3.05, 3.63) is 54.4 Å². The Balaban J connectivity index is 1.61. The van der Waals surface area contributed by atoms with E-state index in [1.807, 2.05) is 24.3 Å². The first-order valence-electron chi connectivity index (χ1n) is 8.17. The number of benzene rings is 1. The summed E-state index contributed by atoms with van der Waals surface area (Å²) in [5.74, 6) is -0.188. The molecule has 1 aliphatic heterocycles. The number of nitrogens with zero attached hydrogens (tertiary/aromatic N) is 5. The zero-order chi connectivity index (χ0) is 17.5. The highest BCUT2D eigenvalue weighted by atomic mass is 16.7. The lowest BCUT2D eigenvalue weighted by Crippen LogP contribution is -2.25. The summed E-state index contributed by atoms with van der Waals surface area (Å²) in [6.45, 7) is 3.13. The van der Waals surface area contributed by atoms with Crippen LogP contribution in [0.5, 0.6) is 0 Å². The fourth-order valence-electron chi connectivity index (χ4n) is 2.23. The number of nitrogens with one attached hydrogen (secondary N) is 1. The number of hydroxylamine groups is 1. The summed E-state index contributed by atoms with van der Waals surface area (Å²) in [4.78, 5) is 21.6. The maximum atomic E-state index is 12.2. The summed E-state index contributed by atoms with van der Waals surface area (Å²) < 4.78 is 0. The topological polar surface area (TPSA) is 82.4 Å². The van der Waals surface area contributed by atoms with E-state index in [1.165, 1.54) is 5.17 Å². The fourth-order valence-corrected chi connectivity index (χ4v) is 2.23. The van der Waals surface area contributed by atoms with Crippen LogP contribution in [-0.2, 0) is 4.84 Å². The van der Waals surface area contributed by atoms with Gasteiger partial charge < -0.3 is 5.32 Å². The standard InChI is InChI=1S/C17H20N6O2/c1-2-3-11-25-23-13-22(20-21-23)16-6-4-5-15(12-16)19-17(24)14-7-9-18-10-8-14/h4-10,12H,2-3,11,13H2,1H3,(H,19,24). The Morgan fingerprint density at radius 2 is 2.08 bits per heavy atom. The Morgan fingerprint density at radius 1 is 1.24 bits per heavy atom. The maximum Gasteiger partial charge on any atom is 0.255 e. The van der Waals surface area contributed by atoms with Crippen molar-refractivity contribution >= 4 is 17.3 Å². The number of unbranched alkanes of at least 4 members (excludes halogenated alkanes) is 1. The van der Waals surface area contributed by atoms with E-state index in [-0.39, 0.29) is 5.91 Å². The van der Waals surface area contributed by atoms with Crippen LogP contribution in [0.1, 0.15) is 30.1 Å². The normalized spacial score (nSPS) is 13.3. The monoisotopic (exact) mass is 340 g/mol. The zero-order valence-corrected chi connectivity index (χ0v) is 14.0. The predicted molar refractivity (Wildman–Crippen MR) is 93.5 cm³/mol. The van der Waals surface area contributed by atoms with Gasteiger partial charge in [-0.1, -0.05) is 19.4 Å². The van der Waals surface area contributed by atoms with Crippen LogP contribution in [-0.4, -0.2) is 29.3 Å². The quantitative estimate of drug-likeness (QED) is 0.781. The highest BCUT2D eigenvalue weighted by Gasteiger charge is 2.18. The molecule has 0 aliphatic carbocycles. The number of pyridine rings is 1. The molecule has 1 aliphatic rings. The largest absolute Gasteiger partial charge is 0.322 e. The summed E-state index contributed by atoms with van der Waals surface area (Å²) in [7, 11) is 0. The van der Waals surface area contributed by atoms with Crippen molar-refractivity contribution < 1.29 is 9.63 Å². The molecule has 0 spiro atoms. The lowest BCUT2D eigenvalue weighted by Gasteiger charge is -2.16. The second-order valence-electron chi connectivity index (χ2n) is 5.50. The van der Waals surface area contributed by atoms with Gasteiger partial charge in [0.1, 0.15) is 0 Å². The molecule has 25 heavy (non-hydrogen) atoms. The van der Waals surface area contributed by atoms with Gasteiger partial charge in [-0.2, -0.15) is 0 Å². The van der Waals surface area contributed by atoms with Gasteiger partial charge in [0.05, 0.1) is 12.3 Å². The summed E-state index contributed by atoms with van der Waals surface area (Å²) in [6.07, 6.45) is 5.21. The van der Waals surface area contributed by atoms with E-state index in [2.05, 4.69) is 27.7 Å². The van der Waals surface area contributed by atoms with Gasteiger partial charge in [0.2, 0.25) is 0 Å². The van der Waals surface area contributed by atoms with Gasteiger partial charge in [0.25, 0.3) is 5.91 Å². The van der Waals surface area contributed by atoms with Gasteiger partial charge in [-0.15, -0.1) is 5.17 Å². The molecule has 3 rings (SSSR count). The molecule has 8 heteroatoms. The molecule has 0 atom stereocenters. The van der Waals surface area contributed by atoms with Gasteiger partial charge in [-0.3, -0.25) is 14.6 Å². The molecule has 8 nitrogen and oxygen atoms in total. The number of carbonyl (C=O) groups is 1. The Morgan fingerprint density at radius 3 is 2.88 bits per heavy atom. The van der Waals surface area contributed by atoms with Crippen molar-refractivity contribution in [2.45, 2.75) is 19.8 Å². The minimum atomic E-state index is -0.188. The van der Waals surface area contributed by atoms with Gasteiger partial charge >= 0.3 is 0 Å². The number of rotatable bonds is 7. The van der Waals surface area contributed by atoms with Crippen LogP contribution >= 0.6 is 0 Å². The lowest BCUT2D eigenvalue weighted by molar-refractivity contribution is -0.153. The minimum absolute atomic E-state index is 0.188. The molecule has 2 aromatic rings. The Kier molecular flexibility index (Phi) is 5.53. The van der Waals surface area contributed by atoms with Crippen LogP contribution < -0.4 is 10.3 Å². The molecule has 0 bridgehead atoms. The average molecular weight is 340 g/mol. The van der Waals surface area contributed by atoms with Crippen molar-refractivity contribution in [1.29, 1.82) is 0 Å². The number of aromatic nitrogens is 1. The zero-order valence-electron chi connectivity index (χ0n) is 14.0. The Bertz CT molecular complexity index is 737. The smallest absolute Gasteiger partial charge is 0.255 e. The average Bonchev–Trinajstić information content (AvgIpc) is 3.12. The van der Waals surface area contributed by atoms with Crippen LogP contribution in [0, 0.1) is 0 Å². The third-order valence-corrected chi connectivity index (χ3v) is 3.59. The molecule has 0 saturated carbocycles. The molecule has 2 heterocycles. The van der Waals surface area contributed by atoms with Crippen LogP contribution in [0.25, 0.3) is 0 Å². The summed E-state index contributed by atoms with van der Waals surface area (Å²) in [5.41, 5.74) is 2.05. The van der Waals surface area contributed by atoms with Crippen molar-refractivity contribution in [3.63, 3.8) is 0 Å². The van der Waals surface area contributed by atoms with E-state index in [4.69, 9.17) is 4.84 Å². The van der Waals surface area contributed by atoms with Gasteiger partial charge in [0.15, 0.2) is 6.67 Å². The minimum Gasteiger partial charge on any atom is -0.322 e. The first-order valence-corrected chi connectivity index (χ1v) is 8.17. The van der Waals surface area contributed by atoms with Gasteiger partial charge in [-0.25, -0.2) is 5.01 Å². The second kappa shape index (κ2) is 8.20. The number of hydrogen-bond donors (Lipinski definition) is 1. The third-order valence-electron chi connectivity index (χ3n) is 3.59. The van der Waals surface area contributed by atoms with Crippen molar-refractivity contribution in [2.24, 2.45) is 10.4 Å². The molecular formula is C17H20N6O2. The van der Waals surface area contributed by atoms with Gasteiger partial charge in [-0.05, 0) is 47.2 Å². The number of hydrogen-bond acceptors (Lipinski definition) is 7. The number of carbonyl (C=O) groups excluding carboxylic acids is 1. The SMILES string of the molecule is CCCCON1CN(c2cccc(NC(=O)c3ccncc3)c2)N=N1. The highest BCUT2D eigenvalue weighted by Crippen LogP contribution is 2.23. The Labute approximate surface area is 146 Å². The van der Waals surface area contributed by atoms with E-state index in [9.17, 15) is 4.79 Å². The maximum absolute atomic E-state index is 12.2. The fraction of sp³-hybridized carbons (Fsp3) is 0.294. The van der Waals surface area contributed by atoms with Crippen LogP contribution in [0.15, 0.2) is 59.2 Å². The summed E-state index contributed by atoms with van der Waals surface area (Å²) >= 11 is 0. The molecule has 1 N–H and O–H groups in total. The Hall–Kier alpha value is -3.00. The van der Waals surface area contributed by atoms with E-state index >= 15 is 0 Å².